The van der Waals surface area contributed by atoms with E-state index >= 15 is 0 Å². The molecule has 0 aromatic heterocycles. The Kier molecular flexibility index (Phi) is 7.03. The molecular weight excluding hydrogens is 276 g/mol. The fraction of sp³-hybridized carbons (Fsp3) is 0.588. The number of rotatable bonds is 6. The summed E-state index contributed by atoms with van der Waals surface area (Å²) in [5, 5.41) is 6.71. The van der Waals surface area contributed by atoms with Gasteiger partial charge in [0.05, 0.1) is 6.54 Å². The molecule has 2 rings (SSSR count). The highest BCUT2D eigenvalue weighted by Gasteiger charge is 2.17. The first kappa shape index (κ1) is 16.6. The van der Waals surface area contributed by atoms with Gasteiger partial charge in [0, 0.05) is 20.1 Å². The van der Waals surface area contributed by atoms with Crippen molar-refractivity contribution in [3.05, 3.63) is 30.3 Å². The average molecular weight is 304 g/mol. The van der Waals surface area contributed by atoms with Crippen molar-refractivity contribution < 1.29 is 4.74 Å². The van der Waals surface area contributed by atoms with Crippen LogP contribution < -0.4 is 15.4 Å². The summed E-state index contributed by atoms with van der Waals surface area (Å²) < 4.78 is 5.66. The Morgan fingerprint density at radius 1 is 1.32 bits per heavy atom. The van der Waals surface area contributed by atoms with E-state index in [1.807, 2.05) is 30.3 Å². The second kappa shape index (κ2) is 9.30. The number of likely N-dealkylation sites (tertiary alicyclic amines) is 1. The number of hydrogen-bond acceptors (Lipinski definition) is 3. The Morgan fingerprint density at radius 2 is 2.14 bits per heavy atom. The molecule has 1 aromatic carbocycles. The maximum atomic E-state index is 5.66. The molecular formula is C17H28N4O. The Hall–Kier alpha value is -1.75. The highest BCUT2D eigenvalue weighted by atomic mass is 16.5. The van der Waals surface area contributed by atoms with E-state index in [1.165, 1.54) is 25.9 Å². The fourth-order valence-corrected chi connectivity index (χ4v) is 2.76. The van der Waals surface area contributed by atoms with Crippen molar-refractivity contribution in [3.8, 4) is 5.75 Å². The number of ether oxygens (including phenoxy) is 1. The summed E-state index contributed by atoms with van der Waals surface area (Å²) in [5.74, 6) is 2.46. The van der Waals surface area contributed by atoms with Gasteiger partial charge in [-0.2, -0.15) is 0 Å². The van der Waals surface area contributed by atoms with Gasteiger partial charge in [-0.1, -0.05) is 18.2 Å². The van der Waals surface area contributed by atoms with Gasteiger partial charge < -0.3 is 20.3 Å². The Bertz CT molecular complexity index is 449. The lowest BCUT2D eigenvalue weighted by Crippen LogP contribution is -2.44. The summed E-state index contributed by atoms with van der Waals surface area (Å²) in [7, 11) is 4.00. The van der Waals surface area contributed by atoms with Crippen molar-refractivity contribution in [3.63, 3.8) is 0 Å². The monoisotopic (exact) mass is 304 g/mol. The van der Waals surface area contributed by atoms with Crippen molar-refractivity contribution in [2.75, 3.05) is 46.9 Å². The number of nitrogens with zero attached hydrogens (tertiary/aromatic N) is 2. The van der Waals surface area contributed by atoms with Crippen molar-refractivity contribution in [1.82, 2.24) is 15.5 Å². The highest BCUT2D eigenvalue weighted by Crippen LogP contribution is 2.13. The molecule has 122 valence electrons. The number of para-hydroxylation sites is 1. The molecule has 1 unspecified atom stereocenters. The van der Waals surface area contributed by atoms with Crippen LogP contribution in [0, 0.1) is 5.92 Å². The third-order valence-electron chi connectivity index (χ3n) is 3.91. The second-order valence-electron chi connectivity index (χ2n) is 5.81. The molecule has 0 aliphatic carbocycles. The summed E-state index contributed by atoms with van der Waals surface area (Å²) in [6, 6.07) is 9.87. The van der Waals surface area contributed by atoms with Gasteiger partial charge in [-0.05, 0) is 44.5 Å². The summed E-state index contributed by atoms with van der Waals surface area (Å²) in [6.45, 7) is 4.72. The number of hydrogen-bond donors (Lipinski definition) is 2. The molecule has 1 aliphatic heterocycles. The SMILES string of the molecule is CN=C(NCCOc1ccccc1)NCC1CCCN(C)C1. The van der Waals surface area contributed by atoms with Crippen molar-refractivity contribution in [2.45, 2.75) is 12.8 Å². The van der Waals surface area contributed by atoms with Gasteiger partial charge in [-0.15, -0.1) is 0 Å². The predicted molar refractivity (Wildman–Crippen MR) is 91.5 cm³/mol. The minimum atomic E-state index is 0.622. The fourth-order valence-electron chi connectivity index (χ4n) is 2.76. The third-order valence-corrected chi connectivity index (χ3v) is 3.91. The molecule has 5 heteroatoms. The normalized spacial score (nSPS) is 19.7. The first-order chi connectivity index (χ1) is 10.8. The van der Waals surface area contributed by atoms with E-state index in [-0.39, 0.29) is 0 Å². The van der Waals surface area contributed by atoms with E-state index < -0.39 is 0 Å². The van der Waals surface area contributed by atoms with E-state index in [0.29, 0.717) is 12.5 Å². The van der Waals surface area contributed by atoms with E-state index in [4.69, 9.17) is 4.74 Å². The summed E-state index contributed by atoms with van der Waals surface area (Å²) in [4.78, 5) is 6.66. The molecule has 0 radical (unpaired) electrons. The first-order valence-corrected chi connectivity index (χ1v) is 8.09. The number of nitrogens with one attached hydrogen (secondary N) is 2. The molecule has 1 fully saturated rings. The van der Waals surface area contributed by atoms with Gasteiger partial charge in [0.2, 0.25) is 0 Å². The minimum Gasteiger partial charge on any atom is -0.492 e. The zero-order chi connectivity index (χ0) is 15.6. The molecule has 1 heterocycles. The Morgan fingerprint density at radius 3 is 2.86 bits per heavy atom. The minimum absolute atomic E-state index is 0.622. The number of piperidine rings is 1. The second-order valence-corrected chi connectivity index (χ2v) is 5.81. The average Bonchev–Trinajstić information content (AvgIpc) is 2.55. The van der Waals surface area contributed by atoms with Gasteiger partial charge in [0.25, 0.3) is 0 Å². The van der Waals surface area contributed by atoms with E-state index in [2.05, 4.69) is 27.6 Å². The lowest BCUT2D eigenvalue weighted by Gasteiger charge is -2.30. The maximum absolute atomic E-state index is 5.66. The number of aliphatic imine (C=N–C) groups is 1. The van der Waals surface area contributed by atoms with Gasteiger partial charge in [0.15, 0.2) is 5.96 Å². The Balaban J connectivity index is 1.61. The summed E-state index contributed by atoms with van der Waals surface area (Å²) in [6.07, 6.45) is 2.59. The summed E-state index contributed by atoms with van der Waals surface area (Å²) in [5.41, 5.74) is 0. The molecule has 0 bridgehead atoms. The topological polar surface area (TPSA) is 48.9 Å². The van der Waals surface area contributed by atoms with Gasteiger partial charge in [-0.3, -0.25) is 4.99 Å². The molecule has 2 N–H and O–H groups in total. The Labute approximate surface area is 133 Å². The van der Waals surface area contributed by atoms with E-state index in [1.54, 1.807) is 7.05 Å². The molecule has 0 amide bonds. The molecule has 1 saturated heterocycles. The predicted octanol–water partition coefficient (Wildman–Crippen LogP) is 1.57. The van der Waals surface area contributed by atoms with Crippen LogP contribution in [0.5, 0.6) is 5.75 Å². The molecule has 1 atom stereocenters. The largest absolute Gasteiger partial charge is 0.492 e. The molecule has 1 aliphatic rings. The van der Waals surface area contributed by atoms with Crippen LogP contribution in [0.15, 0.2) is 35.3 Å². The molecule has 22 heavy (non-hydrogen) atoms. The number of guanidine groups is 1. The van der Waals surface area contributed by atoms with Gasteiger partial charge in [-0.25, -0.2) is 0 Å². The van der Waals surface area contributed by atoms with Crippen LogP contribution in [0.3, 0.4) is 0 Å². The standard InChI is InChI=1S/C17H28N4O/c1-18-17(20-13-15-7-6-11-21(2)14-15)19-10-12-22-16-8-4-3-5-9-16/h3-5,8-9,15H,6-7,10-14H2,1-2H3,(H2,18,19,20). The van der Waals surface area contributed by atoms with Crippen LogP contribution in [0.4, 0.5) is 0 Å². The van der Waals surface area contributed by atoms with E-state index in [0.717, 1.165) is 24.8 Å². The first-order valence-electron chi connectivity index (χ1n) is 8.09. The molecule has 0 saturated carbocycles. The smallest absolute Gasteiger partial charge is 0.191 e. The maximum Gasteiger partial charge on any atom is 0.191 e. The van der Waals surface area contributed by atoms with Crippen LogP contribution >= 0.6 is 0 Å². The quantitative estimate of drug-likeness (QED) is 0.476. The van der Waals surface area contributed by atoms with Crippen molar-refractivity contribution in [1.29, 1.82) is 0 Å². The lowest BCUT2D eigenvalue weighted by molar-refractivity contribution is 0.210. The lowest BCUT2D eigenvalue weighted by atomic mass is 9.99. The van der Waals surface area contributed by atoms with Crippen molar-refractivity contribution in [2.24, 2.45) is 10.9 Å². The van der Waals surface area contributed by atoms with Crippen LogP contribution in [-0.2, 0) is 0 Å². The highest BCUT2D eigenvalue weighted by molar-refractivity contribution is 5.79. The zero-order valence-corrected chi connectivity index (χ0v) is 13.7. The molecule has 0 spiro atoms. The molecule has 5 nitrogen and oxygen atoms in total. The van der Waals surface area contributed by atoms with Gasteiger partial charge in [0.1, 0.15) is 12.4 Å². The summed E-state index contributed by atoms with van der Waals surface area (Å²) >= 11 is 0. The molecule has 1 aromatic rings. The van der Waals surface area contributed by atoms with Gasteiger partial charge >= 0.3 is 0 Å². The number of benzene rings is 1. The van der Waals surface area contributed by atoms with Crippen molar-refractivity contribution >= 4 is 5.96 Å². The van der Waals surface area contributed by atoms with E-state index in [9.17, 15) is 0 Å². The van der Waals surface area contributed by atoms with Crippen LogP contribution in [0.25, 0.3) is 0 Å². The van der Waals surface area contributed by atoms with Crippen LogP contribution in [0.2, 0.25) is 0 Å². The third kappa shape index (κ3) is 5.93. The van der Waals surface area contributed by atoms with Crippen LogP contribution in [0.1, 0.15) is 12.8 Å². The zero-order valence-electron chi connectivity index (χ0n) is 13.7. The van der Waals surface area contributed by atoms with Crippen LogP contribution in [-0.4, -0.2) is 57.7 Å².